The van der Waals surface area contributed by atoms with Crippen molar-refractivity contribution in [3.63, 3.8) is 0 Å². The van der Waals surface area contributed by atoms with Gasteiger partial charge in [0.05, 0.1) is 18.6 Å². The lowest BCUT2D eigenvalue weighted by Crippen LogP contribution is -2.22. The molecule has 3 N–H and O–H groups in total. The van der Waals surface area contributed by atoms with Gasteiger partial charge in [0.25, 0.3) is 0 Å². The quantitative estimate of drug-likeness (QED) is 0.672. The molecule has 18 heavy (non-hydrogen) atoms. The third-order valence-corrected chi connectivity index (χ3v) is 2.58. The molecule has 1 aromatic rings. The number of hydrogen-bond donors (Lipinski definition) is 3. The molecule has 100 valence electrons. The van der Waals surface area contributed by atoms with E-state index in [0.717, 1.165) is 0 Å². The Morgan fingerprint density at radius 1 is 1.39 bits per heavy atom. The van der Waals surface area contributed by atoms with E-state index in [2.05, 4.69) is 5.32 Å². The molecule has 1 atom stereocenters. The number of phenolic OH excluding ortho intramolecular Hbond substituents is 2. The second-order valence-corrected chi connectivity index (χ2v) is 3.94. The highest BCUT2D eigenvalue weighted by Crippen LogP contribution is 2.31. The van der Waals surface area contributed by atoms with Crippen LogP contribution in [0.15, 0.2) is 18.2 Å². The Hall–Kier alpha value is -1.75. The normalized spacial score (nSPS) is 12.1. The van der Waals surface area contributed by atoms with E-state index < -0.39 is 0 Å². The fraction of sp³-hybridized carbons (Fsp3) is 0.462. The zero-order valence-electron chi connectivity index (χ0n) is 10.6. The molecule has 0 aliphatic heterocycles. The molecule has 0 spiro atoms. The number of benzene rings is 1. The van der Waals surface area contributed by atoms with Crippen LogP contribution in [0, 0.1) is 0 Å². The minimum absolute atomic E-state index is 0.0335. The van der Waals surface area contributed by atoms with E-state index in [9.17, 15) is 15.0 Å². The fourth-order valence-electron chi connectivity index (χ4n) is 1.71. The van der Waals surface area contributed by atoms with Gasteiger partial charge in [0, 0.05) is 12.6 Å². The molecule has 0 aliphatic rings. The first-order chi connectivity index (χ1) is 8.56. The average Bonchev–Trinajstić information content (AvgIpc) is 2.29. The van der Waals surface area contributed by atoms with Crippen LogP contribution in [0.3, 0.4) is 0 Å². The monoisotopic (exact) mass is 253 g/mol. The number of nitrogens with one attached hydrogen (secondary N) is 1. The maximum absolute atomic E-state index is 11.1. The molecule has 0 aliphatic carbocycles. The van der Waals surface area contributed by atoms with Gasteiger partial charge in [-0.3, -0.25) is 4.79 Å². The molecule has 0 radical (unpaired) electrons. The van der Waals surface area contributed by atoms with Crippen molar-refractivity contribution in [3.8, 4) is 11.5 Å². The first kappa shape index (κ1) is 14.3. The molecule has 0 saturated heterocycles. The van der Waals surface area contributed by atoms with Crippen LogP contribution in [0.2, 0.25) is 0 Å². The molecule has 1 aromatic carbocycles. The molecular weight excluding hydrogens is 234 g/mol. The molecule has 0 bridgehead atoms. The molecule has 0 aromatic heterocycles. The summed E-state index contributed by atoms with van der Waals surface area (Å²) in [5, 5.41) is 22.4. The predicted octanol–water partition coefficient (Wildman–Crippen LogP) is 1.70. The number of phenols is 2. The van der Waals surface area contributed by atoms with Crippen LogP contribution >= 0.6 is 0 Å². The third-order valence-electron chi connectivity index (χ3n) is 2.58. The fourth-order valence-corrected chi connectivity index (χ4v) is 1.71. The first-order valence-corrected chi connectivity index (χ1v) is 5.96. The summed E-state index contributed by atoms with van der Waals surface area (Å²) in [6, 6.07) is 4.34. The standard InChI is InChI=1S/C13H19NO4/c1-3-18-12(17)7-8-14-9(2)13-10(15)5-4-6-11(13)16/h4-6,9,14-16H,3,7-8H2,1-2H3. The highest BCUT2D eigenvalue weighted by Gasteiger charge is 2.14. The van der Waals surface area contributed by atoms with Crippen LogP contribution in [-0.4, -0.2) is 29.3 Å². The van der Waals surface area contributed by atoms with Crippen LogP contribution in [0.5, 0.6) is 11.5 Å². The molecule has 5 nitrogen and oxygen atoms in total. The zero-order chi connectivity index (χ0) is 13.5. The lowest BCUT2D eigenvalue weighted by atomic mass is 10.1. The largest absolute Gasteiger partial charge is 0.507 e. The van der Waals surface area contributed by atoms with Gasteiger partial charge in [0.1, 0.15) is 11.5 Å². The first-order valence-electron chi connectivity index (χ1n) is 5.96. The average molecular weight is 253 g/mol. The van der Waals surface area contributed by atoms with E-state index in [4.69, 9.17) is 4.74 Å². The number of carbonyl (C=O) groups is 1. The Morgan fingerprint density at radius 2 is 2.00 bits per heavy atom. The summed E-state index contributed by atoms with van der Waals surface area (Å²) in [5.41, 5.74) is 0.432. The summed E-state index contributed by atoms with van der Waals surface area (Å²) < 4.78 is 4.80. The smallest absolute Gasteiger partial charge is 0.307 e. The van der Waals surface area contributed by atoms with Crippen molar-refractivity contribution in [2.45, 2.75) is 26.3 Å². The molecule has 0 heterocycles. The van der Waals surface area contributed by atoms with Gasteiger partial charge >= 0.3 is 5.97 Å². The second-order valence-electron chi connectivity index (χ2n) is 3.94. The van der Waals surface area contributed by atoms with E-state index in [1.807, 2.05) is 0 Å². The van der Waals surface area contributed by atoms with Crippen molar-refractivity contribution in [2.75, 3.05) is 13.2 Å². The van der Waals surface area contributed by atoms with Crippen molar-refractivity contribution in [1.82, 2.24) is 5.32 Å². The summed E-state index contributed by atoms with van der Waals surface area (Å²) in [7, 11) is 0. The third kappa shape index (κ3) is 3.92. The van der Waals surface area contributed by atoms with Crippen molar-refractivity contribution >= 4 is 5.97 Å². The van der Waals surface area contributed by atoms with E-state index in [0.29, 0.717) is 18.7 Å². The topological polar surface area (TPSA) is 78.8 Å². The SMILES string of the molecule is CCOC(=O)CCNC(C)c1c(O)cccc1O. The number of ether oxygens (including phenoxy) is 1. The van der Waals surface area contributed by atoms with Crippen LogP contribution < -0.4 is 5.32 Å². The van der Waals surface area contributed by atoms with Gasteiger partial charge in [0.2, 0.25) is 0 Å². The van der Waals surface area contributed by atoms with Crippen molar-refractivity contribution in [1.29, 1.82) is 0 Å². The number of aromatic hydroxyl groups is 2. The van der Waals surface area contributed by atoms with Crippen LogP contribution in [0.4, 0.5) is 0 Å². The maximum atomic E-state index is 11.1. The maximum Gasteiger partial charge on any atom is 0.307 e. The van der Waals surface area contributed by atoms with Gasteiger partial charge in [-0.15, -0.1) is 0 Å². The lowest BCUT2D eigenvalue weighted by molar-refractivity contribution is -0.142. The van der Waals surface area contributed by atoms with Crippen molar-refractivity contribution in [3.05, 3.63) is 23.8 Å². The van der Waals surface area contributed by atoms with Gasteiger partial charge < -0.3 is 20.3 Å². The van der Waals surface area contributed by atoms with Gasteiger partial charge in [-0.1, -0.05) is 6.07 Å². The Balaban J connectivity index is 2.50. The molecule has 5 heteroatoms. The Morgan fingerprint density at radius 3 is 2.56 bits per heavy atom. The number of rotatable bonds is 6. The van der Waals surface area contributed by atoms with Gasteiger partial charge in [0.15, 0.2) is 0 Å². The molecule has 0 fully saturated rings. The number of hydrogen-bond acceptors (Lipinski definition) is 5. The van der Waals surface area contributed by atoms with Gasteiger partial charge in [-0.25, -0.2) is 0 Å². The molecule has 1 rings (SSSR count). The summed E-state index contributed by atoms with van der Waals surface area (Å²) in [6.45, 7) is 4.36. The van der Waals surface area contributed by atoms with E-state index >= 15 is 0 Å². The summed E-state index contributed by atoms with van der Waals surface area (Å²) in [6.07, 6.45) is 0.256. The highest BCUT2D eigenvalue weighted by atomic mass is 16.5. The van der Waals surface area contributed by atoms with Crippen molar-refractivity contribution in [2.24, 2.45) is 0 Å². The summed E-state index contributed by atoms with van der Waals surface area (Å²) >= 11 is 0. The minimum Gasteiger partial charge on any atom is -0.507 e. The van der Waals surface area contributed by atoms with E-state index in [1.165, 1.54) is 12.1 Å². The van der Waals surface area contributed by atoms with Crippen LogP contribution in [-0.2, 0) is 9.53 Å². The molecule has 0 saturated carbocycles. The Kier molecular flexibility index (Phi) is 5.45. The summed E-state index contributed by atoms with van der Waals surface area (Å²) in [5.74, 6) is -0.198. The van der Waals surface area contributed by atoms with Crippen molar-refractivity contribution < 1.29 is 19.7 Å². The number of esters is 1. The predicted molar refractivity (Wildman–Crippen MR) is 67.4 cm³/mol. The van der Waals surface area contributed by atoms with Gasteiger partial charge in [-0.2, -0.15) is 0 Å². The van der Waals surface area contributed by atoms with E-state index in [1.54, 1.807) is 19.9 Å². The van der Waals surface area contributed by atoms with Crippen LogP contribution in [0.25, 0.3) is 0 Å². The Labute approximate surface area is 106 Å². The summed E-state index contributed by atoms with van der Waals surface area (Å²) in [4.78, 5) is 11.1. The minimum atomic E-state index is -0.265. The van der Waals surface area contributed by atoms with E-state index in [-0.39, 0.29) is 29.9 Å². The Bertz CT molecular complexity index is 386. The van der Waals surface area contributed by atoms with Gasteiger partial charge in [-0.05, 0) is 26.0 Å². The molecular formula is C13H19NO4. The zero-order valence-corrected chi connectivity index (χ0v) is 10.6. The number of carbonyl (C=O) groups excluding carboxylic acids is 1. The lowest BCUT2D eigenvalue weighted by Gasteiger charge is -2.16. The second kappa shape index (κ2) is 6.86. The highest BCUT2D eigenvalue weighted by molar-refractivity contribution is 5.69. The molecule has 1 unspecified atom stereocenters. The van der Waals surface area contributed by atoms with Crippen LogP contribution in [0.1, 0.15) is 31.9 Å². The molecule has 0 amide bonds.